The first-order valence-electron chi connectivity index (χ1n) is 31.5. The van der Waals surface area contributed by atoms with E-state index >= 15 is 0 Å². The molecule has 556 valence electrons. The van der Waals surface area contributed by atoms with Gasteiger partial charge in [-0.1, -0.05) is 161 Å². The van der Waals surface area contributed by atoms with Crippen LogP contribution in [0, 0.1) is 60.2 Å². The molecule has 0 unspecified atom stereocenters. The lowest BCUT2D eigenvalue weighted by molar-refractivity contribution is 0.0809. The van der Waals surface area contributed by atoms with Gasteiger partial charge in [0.05, 0.1) is 94.7 Å². The molecule has 11 heterocycles. The highest BCUT2D eigenvalue weighted by Crippen LogP contribution is 2.40. The van der Waals surface area contributed by atoms with Crippen LogP contribution in [0.25, 0.3) is 29.1 Å². The molecule has 0 saturated heterocycles. The maximum Gasteiger partial charge on any atom is 0.285 e. The Hall–Kier alpha value is -13.0. The zero-order valence-electron chi connectivity index (χ0n) is 59.4. The van der Waals surface area contributed by atoms with Gasteiger partial charge in [-0.05, 0) is 114 Å². The number of nitrogen functional groups attached to an aromatic ring is 6. The third kappa shape index (κ3) is 24.8. The minimum absolute atomic E-state index is 0.0948. The molecule has 0 saturated carbocycles. The Morgan fingerprint density at radius 3 is 1.19 bits per heavy atom. The van der Waals surface area contributed by atoms with Crippen molar-refractivity contribution in [3.8, 4) is 11.5 Å². The van der Waals surface area contributed by atoms with Crippen LogP contribution in [-0.4, -0.2) is 94.8 Å². The van der Waals surface area contributed by atoms with Crippen molar-refractivity contribution in [2.75, 3.05) is 73.4 Å². The fourth-order valence-corrected chi connectivity index (χ4v) is 11.0. The molecule has 2 aliphatic rings. The Labute approximate surface area is 674 Å². The topological polar surface area (TPSA) is 381 Å². The lowest BCUT2D eigenvalue weighted by Crippen LogP contribution is -2.18. The number of rotatable bonds is 8. The summed E-state index contributed by atoms with van der Waals surface area (Å²) in [6.45, 7) is 46.9. The van der Waals surface area contributed by atoms with E-state index in [1.165, 1.54) is 7.11 Å². The molecule has 0 bridgehead atoms. The van der Waals surface area contributed by atoms with Crippen molar-refractivity contribution in [3.63, 3.8) is 0 Å². The first-order valence-corrected chi connectivity index (χ1v) is 35.0. The van der Waals surface area contributed by atoms with Crippen LogP contribution in [0.2, 0.25) is 15.2 Å². The van der Waals surface area contributed by atoms with Crippen molar-refractivity contribution in [1.29, 1.82) is 0 Å². The van der Waals surface area contributed by atoms with E-state index in [9.17, 15) is 9.59 Å². The molecule has 0 fully saturated rings. The quantitative estimate of drug-likeness (QED) is 0.0517. The molecular formula is C75H65Br3Cl3N25O4. The van der Waals surface area contributed by atoms with Crippen molar-refractivity contribution in [2.45, 2.75) is 40.3 Å². The number of ether oxygens (including phenoxy) is 2. The van der Waals surface area contributed by atoms with Crippen LogP contribution in [0.1, 0.15) is 60.2 Å². The molecule has 0 aliphatic carbocycles. The predicted octanol–water partition coefficient (Wildman–Crippen LogP) is 18.3. The van der Waals surface area contributed by atoms with Gasteiger partial charge in [-0.15, -0.1) is 29.9 Å². The summed E-state index contributed by atoms with van der Waals surface area (Å²) in [4.78, 5) is 83.6. The van der Waals surface area contributed by atoms with Crippen LogP contribution in [0.3, 0.4) is 0 Å². The van der Waals surface area contributed by atoms with E-state index in [-0.39, 0.29) is 11.8 Å². The summed E-state index contributed by atoms with van der Waals surface area (Å²) in [6, 6.07) is 42.0. The van der Waals surface area contributed by atoms with Gasteiger partial charge in [0.15, 0.2) is 11.5 Å². The van der Waals surface area contributed by atoms with Gasteiger partial charge in [0.2, 0.25) is 29.1 Å². The summed E-state index contributed by atoms with van der Waals surface area (Å²) in [5, 5.41) is 7.76. The minimum atomic E-state index is -0.0960. The maximum absolute atomic E-state index is 12.8. The largest absolute Gasteiger partial charge is 0.493 e. The average molecular weight is 1730 g/mol. The molecule has 110 heavy (non-hydrogen) atoms. The Morgan fingerprint density at radius 1 is 0.427 bits per heavy atom. The Balaban J connectivity index is 0.000000209. The van der Waals surface area contributed by atoms with Crippen molar-refractivity contribution >= 4 is 187 Å². The first-order chi connectivity index (χ1) is 52.5. The number of aryl methyl sites for hydroxylation is 3. The fourth-order valence-electron chi connectivity index (χ4n) is 9.33. The number of methoxy groups -OCH3 is 2. The number of nitrogens with zero attached hydrogens (tertiary/aromatic N) is 17. The maximum atomic E-state index is 12.8. The molecule has 13 rings (SSSR count). The third-order valence-electron chi connectivity index (χ3n) is 14.5. The van der Waals surface area contributed by atoms with Crippen LogP contribution in [0.4, 0.5) is 92.6 Å². The molecule has 2 amide bonds. The van der Waals surface area contributed by atoms with Crippen LogP contribution < -0.4 is 54.5 Å². The van der Waals surface area contributed by atoms with Crippen LogP contribution in [-0.2, 0) is 19.5 Å². The molecule has 0 spiro atoms. The number of carbonyl (C=O) groups excluding carboxylic acids is 2. The zero-order valence-corrected chi connectivity index (χ0v) is 66.5. The van der Waals surface area contributed by atoms with E-state index in [4.69, 9.17) is 123 Å². The van der Waals surface area contributed by atoms with Crippen molar-refractivity contribution in [3.05, 3.63) is 293 Å². The van der Waals surface area contributed by atoms with Crippen molar-refractivity contribution < 1.29 is 19.1 Å². The number of carbonyl (C=O) groups is 2. The van der Waals surface area contributed by atoms with E-state index in [1.807, 2.05) is 69.3 Å². The molecule has 9 aromatic heterocycles. The second-order valence-corrected chi connectivity index (χ2v) is 26.2. The number of nitrogens with two attached hydrogens (primary N) is 6. The summed E-state index contributed by atoms with van der Waals surface area (Å²) in [5.74, 6) is 5.40. The molecule has 29 nitrogen and oxygen atoms in total. The second-order valence-electron chi connectivity index (χ2n) is 22.4. The minimum Gasteiger partial charge on any atom is -0.493 e. The van der Waals surface area contributed by atoms with Gasteiger partial charge >= 0.3 is 0 Å². The van der Waals surface area contributed by atoms with Gasteiger partial charge in [-0.2, -0.15) is 0 Å². The lowest BCUT2D eigenvalue weighted by atomic mass is 10.1. The number of hydrogen-bond donors (Lipinski definition) is 8. The van der Waals surface area contributed by atoms with Gasteiger partial charge < -0.3 is 93.4 Å². The molecule has 2 aromatic carbocycles. The van der Waals surface area contributed by atoms with Crippen molar-refractivity contribution in [1.82, 2.24) is 54.7 Å². The Kier molecular flexibility index (Phi) is 32.6. The monoisotopic (exact) mass is 1720 g/mol. The molecule has 14 N–H and O–H groups in total. The SMILES string of the molecule is COc1c(Cl)cccc1Nc1cc(Cl)nc2c1C(=O)N(C)C2.Nc1cccc(Br)n1.[C-]#[N+]c1cccc(N)n1.[C-]#[N+]c1nc(Cc2cc(Nc3cccc(Cl)c3OC)c3c(n2)CN(C)C3=O)ccc1C.[C-]#[N+]c1nc(N)ccc1Br.[C-]#[N+]c1nc(N)ccc1Br.[C-]#[N+]c1nc(N)ccc1C.[C-]#[N+]c1nc(N)ccc1C. The summed E-state index contributed by atoms with van der Waals surface area (Å²) in [7, 11) is 6.56. The number of benzene rings is 2. The van der Waals surface area contributed by atoms with Gasteiger partial charge in [0.1, 0.15) is 21.3 Å². The van der Waals surface area contributed by atoms with E-state index in [0.29, 0.717) is 170 Å². The normalized spacial score (nSPS) is 10.7. The number of amides is 2. The highest BCUT2D eigenvalue weighted by Gasteiger charge is 2.32. The molecule has 11 aromatic rings. The standard InChI is InChI=1S/C23H20ClN5O2.C15H13Cl2N3O2.2C7H7N3.2C6H4BrN3.C6H5N3.C5H5BrN2/c1-13-8-9-14(27-22(13)25-2)10-15-11-18(20-19(26-15)12-29(3)23(20)30)28-17-7-5-6-16(24)21(17)31-4;1-20-7-11-13(15(20)21)10(6-12(17)19-11)18-9-5-3-4-8(16)14(9)22-2;2*1-5-3-4-6(8)10-7(5)9-2;2*1-9-6-4(7)2-3-5(8)10-6;1-8-6-4-2-3-5(7)9-6;6-4-2-1-3-5(7)8-4/h5-9,11H,10,12H2,1,3-4H3,(H,26,28);3-6H,7H2,1-2H3,(H,18,19);2*3-4H,1H3,(H2,8,10);2*2-3H,(H2,8,10);2-4H,(H2,7,9);1-3H,(H2,7,8). The highest BCUT2D eigenvalue weighted by atomic mass is 79.9. The van der Waals surface area contributed by atoms with E-state index in [0.717, 1.165) is 32.7 Å². The zero-order chi connectivity index (χ0) is 80.9. The van der Waals surface area contributed by atoms with Crippen LogP contribution >= 0.6 is 82.6 Å². The number of pyridine rings is 9. The smallest absolute Gasteiger partial charge is 0.285 e. The molecule has 35 heteroatoms. The molecule has 0 radical (unpaired) electrons. The van der Waals surface area contributed by atoms with Gasteiger partial charge in [0.25, 0.3) is 46.7 Å². The Bertz CT molecular complexity index is 5210. The van der Waals surface area contributed by atoms with Crippen LogP contribution in [0.5, 0.6) is 11.5 Å². The number of hydrogen-bond acceptors (Lipinski definition) is 21. The number of anilines is 10. The van der Waals surface area contributed by atoms with E-state index in [2.05, 4.69) is 127 Å². The molecular weight excluding hydrogens is 1660 g/mol. The number of nitrogens with one attached hydrogen (secondary N) is 2. The van der Waals surface area contributed by atoms with E-state index in [1.54, 1.807) is 128 Å². The number of para-hydroxylation sites is 2. The predicted molar refractivity (Wildman–Crippen MR) is 441 cm³/mol. The summed E-state index contributed by atoms with van der Waals surface area (Å²) in [6.07, 6.45) is 0.440. The summed E-state index contributed by atoms with van der Waals surface area (Å²) < 4.78 is 12.9. The lowest BCUT2D eigenvalue weighted by Gasteiger charge is -2.15. The molecule has 2 aliphatic heterocycles. The second kappa shape index (κ2) is 41.8. The number of fused-ring (bicyclic) bond motifs is 2. The average Bonchev–Trinajstić information content (AvgIpc) is 1.61. The van der Waals surface area contributed by atoms with Gasteiger partial charge in [0, 0.05) is 53.4 Å². The van der Waals surface area contributed by atoms with Crippen LogP contribution in [0.15, 0.2) is 159 Å². The highest BCUT2D eigenvalue weighted by molar-refractivity contribution is 9.11. The van der Waals surface area contributed by atoms with Gasteiger partial charge in [-0.25, -0.2) is 9.97 Å². The summed E-state index contributed by atoms with van der Waals surface area (Å²) in [5.41, 5.74) is 40.9. The Morgan fingerprint density at radius 2 is 0.809 bits per heavy atom. The van der Waals surface area contributed by atoms with Gasteiger partial charge in [-0.3, -0.25) is 14.6 Å². The number of halogens is 6. The molecule has 0 atom stereocenters. The third-order valence-corrected chi connectivity index (χ3v) is 17.0. The van der Waals surface area contributed by atoms with Crippen molar-refractivity contribution in [2.24, 2.45) is 0 Å². The number of aromatic nitrogens is 9. The fraction of sp³-hybridized carbons (Fsp3) is 0.133. The van der Waals surface area contributed by atoms with E-state index < -0.39 is 0 Å². The summed E-state index contributed by atoms with van der Waals surface area (Å²) >= 11 is 27.9. The first kappa shape index (κ1) is 85.9.